The topological polar surface area (TPSA) is 90.4 Å². The highest BCUT2D eigenvalue weighted by Gasteiger charge is 2.14. The first-order chi connectivity index (χ1) is 12.6. The number of hydrogen-bond acceptors (Lipinski definition) is 6. The number of carbonyl (C=O) groups is 1. The van der Waals surface area contributed by atoms with Crippen molar-refractivity contribution >= 4 is 34.0 Å². The molecule has 2 N–H and O–H groups in total. The van der Waals surface area contributed by atoms with E-state index in [4.69, 9.17) is 5.73 Å². The van der Waals surface area contributed by atoms with Gasteiger partial charge >= 0.3 is 0 Å². The van der Waals surface area contributed by atoms with Crippen LogP contribution in [0.25, 0.3) is 11.0 Å². The first-order valence-corrected chi connectivity index (χ1v) is 8.76. The molecule has 0 unspecified atom stereocenters. The highest BCUT2D eigenvalue weighted by molar-refractivity contribution is 7.16. The molecule has 0 aliphatic heterocycles. The Morgan fingerprint density at radius 1 is 1.08 bits per heavy atom. The number of fused-ring (bicyclic) bond motifs is 1. The van der Waals surface area contributed by atoms with Crippen molar-refractivity contribution in [3.05, 3.63) is 86.7 Å². The minimum Gasteiger partial charge on any atom is -0.383 e. The third-order valence-corrected chi connectivity index (χ3v) is 4.83. The van der Waals surface area contributed by atoms with Gasteiger partial charge in [-0.2, -0.15) is 14.6 Å². The average Bonchev–Trinajstić information content (AvgIpc) is 3.03. The summed E-state index contributed by atoms with van der Waals surface area (Å²) in [5.74, 6) is 0.146. The van der Waals surface area contributed by atoms with Crippen molar-refractivity contribution in [1.29, 1.82) is 0 Å². The molecule has 26 heavy (non-hydrogen) atoms. The summed E-state index contributed by atoms with van der Waals surface area (Å²) < 4.78 is 1.50. The number of rotatable bonds is 3. The fourth-order valence-corrected chi connectivity index (χ4v) is 3.56. The van der Waals surface area contributed by atoms with E-state index < -0.39 is 5.56 Å². The zero-order valence-corrected chi connectivity index (χ0v) is 14.4. The number of carbonyl (C=O) groups excluding carboxylic acids is 1. The lowest BCUT2D eigenvalue weighted by Crippen LogP contribution is -2.16. The Morgan fingerprint density at radius 2 is 1.81 bits per heavy atom. The van der Waals surface area contributed by atoms with E-state index in [9.17, 15) is 9.59 Å². The summed E-state index contributed by atoms with van der Waals surface area (Å²) >= 11 is 1.34. The fourth-order valence-electron chi connectivity index (χ4n) is 2.63. The maximum Gasteiger partial charge on any atom is 0.283 e. The van der Waals surface area contributed by atoms with Crippen molar-refractivity contribution in [2.24, 2.45) is 0 Å². The summed E-state index contributed by atoms with van der Waals surface area (Å²) in [6.07, 6.45) is 8.41. The second-order valence-electron chi connectivity index (χ2n) is 5.78. The van der Waals surface area contributed by atoms with Crippen molar-refractivity contribution in [2.45, 2.75) is 6.42 Å². The summed E-state index contributed by atoms with van der Waals surface area (Å²) in [6, 6.07) is 9.94. The van der Waals surface area contributed by atoms with Crippen molar-refractivity contribution in [3.63, 3.8) is 0 Å². The Labute approximate surface area is 152 Å². The van der Waals surface area contributed by atoms with Gasteiger partial charge in [0, 0.05) is 6.42 Å². The van der Waals surface area contributed by atoms with Crippen molar-refractivity contribution in [1.82, 2.24) is 14.6 Å². The highest BCUT2D eigenvalue weighted by atomic mass is 32.1. The highest BCUT2D eigenvalue weighted by Crippen LogP contribution is 2.21. The smallest absolute Gasteiger partial charge is 0.283 e. The molecule has 0 amide bonds. The second kappa shape index (κ2) is 6.53. The molecule has 0 saturated carbocycles. The lowest BCUT2D eigenvalue weighted by molar-refractivity contribution is -0.110. The van der Waals surface area contributed by atoms with Gasteiger partial charge in [-0.3, -0.25) is 9.59 Å². The van der Waals surface area contributed by atoms with Crippen molar-refractivity contribution in [2.75, 3.05) is 5.73 Å². The quantitative estimate of drug-likeness (QED) is 0.773. The number of allylic oxidation sites excluding steroid dienone is 5. The zero-order valence-electron chi connectivity index (χ0n) is 13.6. The number of aromatic nitrogens is 3. The number of ketones is 1. The number of hydrogen-bond donors (Lipinski definition) is 1. The van der Waals surface area contributed by atoms with Crippen LogP contribution >= 0.6 is 11.3 Å². The first kappa shape index (κ1) is 16.2. The number of nitrogens with zero attached hydrogens (tertiary/aromatic N) is 3. The summed E-state index contributed by atoms with van der Waals surface area (Å²) in [5.41, 5.74) is 7.85. The van der Waals surface area contributed by atoms with Crippen LogP contribution in [0.1, 0.15) is 16.1 Å². The van der Waals surface area contributed by atoms with E-state index in [0.29, 0.717) is 17.0 Å². The molecule has 1 aliphatic rings. The lowest BCUT2D eigenvalue weighted by atomic mass is 10.1. The van der Waals surface area contributed by atoms with Gasteiger partial charge < -0.3 is 5.73 Å². The van der Waals surface area contributed by atoms with Gasteiger partial charge in [0.05, 0.1) is 5.56 Å². The maximum atomic E-state index is 12.4. The van der Waals surface area contributed by atoms with Gasteiger partial charge in [0.25, 0.3) is 5.56 Å². The average molecular weight is 362 g/mol. The Bertz CT molecular complexity index is 1140. The molecule has 0 radical (unpaired) electrons. The predicted molar refractivity (Wildman–Crippen MR) is 102 cm³/mol. The standard InChI is InChI=1S/C19H14N4O2S/c20-17-15(10-13-6-8-14(24)9-7-13)18(25)21-19-23(17)22-16(26-19)11-12-4-2-1-3-5-12/h1-10H,11,20H2. The molecule has 128 valence electrons. The third-order valence-electron chi connectivity index (χ3n) is 3.92. The molecule has 6 nitrogen and oxygen atoms in total. The van der Waals surface area contributed by atoms with Crippen LogP contribution in [0, 0.1) is 0 Å². The molecule has 4 rings (SSSR count). The van der Waals surface area contributed by atoms with Crippen LogP contribution in [0.5, 0.6) is 0 Å². The van der Waals surface area contributed by atoms with Crippen molar-refractivity contribution in [3.8, 4) is 0 Å². The second-order valence-corrected chi connectivity index (χ2v) is 6.82. The van der Waals surface area contributed by atoms with E-state index in [1.807, 2.05) is 30.3 Å². The minimum absolute atomic E-state index is 0.0922. The Balaban J connectivity index is 1.75. The number of nitrogens with two attached hydrogens (primary N) is 1. The number of nitrogen functional groups attached to an aromatic ring is 1. The van der Waals surface area contributed by atoms with Gasteiger partial charge in [-0.15, -0.1) is 0 Å². The molecule has 1 aromatic carbocycles. The molecule has 0 saturated heterocycles. The van der Waals surface area contributed by atoms with E-state index >= 15 is 0 Å². The van der Waals surface area contributed by atoms with Crippen LogP contribution in [0.4, 0.5) is 5.82 Å². The number of anilines is 1. The van der Waals surface area contributed by atoms with Gasteiger partial charge in [-0.1, -0.05) is 53.8 Å². The molecule has 0 atom stereocenters. The van der Waals surface area contributed by atoms with Crippen LogP contribution in [-0.2, 0) is 11.2 Å². The van der Waals surface area contributed by atoms with Gasteiger partial charge in [-0.05, 0) is 29.4 Å². The molecular formula is C19H14N4O2S. The summed E-state index contributed by atoms with van der Waals surface area (Å²) in [7, 11) is 0. The molecular weight excluding hydrogens is 348 g/mol. The third kappa shape index (κ3) is 3.12. The molecule has 3 aromatic rings. The van der Waals surface area contributed by atoms with Crippen LogP contribution < -0.4 is 11.3 Å². The van der Waals surface area contributed by atoms with Crippen LogP contribution in [0.2, 0.25) is 0 Å². The Hall–Kier alpha value is -3.32. The van der Waals surface area contributed by atoms with E-state index in [-0.39, 0.29) is 17.2 Å². The van der Waals surface area contributed by atoms with Gasteiger partial charge in [0.15, 0.2) is 5.78 Å². The summed E-state index contributed by atoms with van der Waals surface area (Å²) in [5, 5.41) is 5.33. The molecule has 0 bridgehead atoms. The monoisotopic (exact) mass is 362 g/mol. The Kier molecular flexibility index (Phi) is 4.06. The lowest BCUT2D eigenvalue weighted by Gasteiger charge is -2.03. The fraction of sp³-hybridized carbons (Fsp3) is 0.0526. The molecule has 0 fully saturated rings. The molecule has 1 aliphatic carbocycles. The van der Waals surface area contributed by atoms with E-state index in [1.54, 1.807) is 18.2 Å². The van der Waals surface area contributed by atoms with Gasteiger partial charge in [-0.25, -0.2) is 0 Å². The molecule has 2 aromatic heterocycles. The first-order valence-electron chi connectivity index (χ1n) is 7.94. The van der Waals surface area contributed by atoms with Crippen molar-refractivity contribution < 1.29 is 4.79 Å². The summed E-state index contributed by atoms with van der Waals surface area (Å²) in [6.45, 7) is 0. The van der Waals surface area contributed by atoms with Crippen LogP contribution in [0.3, 0.4) is 0 Å². The maximum absolute atomic E-state index is 12.4. The predicted octanol–water partition coefficient (Wildman–Crippen LogP) is 2.40. The molecule has 7 heteroatoms. The normalized spacial score (nSPS) is 13.5. The van der Waals surface area contributed by atoms with Gasteiger partial charge in [0.1, 0.15) is 10.8 Å². The van der Waals surface area contributed by atoms with Crippen LogP contribution in [-0.4, -0.2) is 20.4 Å². The molecule has 0 spiro atoms. The largest absolute Gasteiger partial charge is 0.383 e. The SMILES string of the molecule is Nc1c(C=C2C=CC(=O)C=C2)c(=O)nc2sc(Cc3ccccc3)nn12. The Morgan fingerprint density at radius 3 is 2.54 bits per heavy atom. The summed E-state index contributed by atoms with van der Waals surface area (Å²) in [4.78, 5) is 28.2. The minimum atomic E-state index is -0.413. The van der Waals surface area contributed by atoms with E-state index in [0.717, 1.165) is 10.6 Å². The van der Waals surface area contributed by atoms with Crippen LogP contribution in [0.15, 0.2) is 65.0 Å². The molecule has 2 heterocycles. The van der Waals surface area contributed by atoms with Gasteiger partial charge in [0.2, 0.25) is 4.96 Å². The number of benzene rings is 1. The van der Waals surface area contributed by atoms with E-state index in [1.165, 1.54) is 28.0 Å². The van der Waals surface area contributed by atoms with E-state index in [2.05, 4.69) is 10.1 Å². The zero-order chi connectivity index (χ0) is 18.1.